The zero-order valence-electron chi connectivity index (χ0n) is 77.3. The van der Waals surface area contributed by atoms with Crippen molar-refractivity contribution in [2.75, 3.05) is 0 Å². The number of hydrogen-bond acceptors (Lipinski definition) is 12. The van der Waals surface area contributed by atoms with E-state index in [0.29, 0.717) is 52.4 Å². The highest BCUT2D eigenvalue weighted by atomic mass is 32.1. The van der Waals surface area contributed by atoms with Crippen LogP contribution in [0.25, 0.3) is 271 Å². The molecule has 0 N–H and O–H groups in total. The normalized spacial score (nSPS) is 11.6. The quantitative estimate of drug-likeness (QED) is 0.102. The lowest BCUT2D eigenvalue weighted by Crippen LogP contribution is -2.00. The van der Waals surface area contributed by atoms with Gasteiger partial charge in [0.2, 0.25) is 0 Å². The van der Waals surface area contributed by atoms with Crippen molar-refractivity contribution in [1.82, 2.24) is 58.6 Å². The number of benzene rings is 20. The highest BCUT2D eigenvalue weighted by Gasteiger charge is 2.26. The highest BCUT2D eigenvalue weighted by Crippen LogP contribution is 2.47. The number of nitrogens with zero attached hydrogens (tertiary/aromatic N) is 12. The van der Waals surface area contributed by atoms with Gasteiger partial charge in [0.1, 0.15) is 16.7 Å². The number of fused-ring (bicyclic) bond motifs is 18. The molecule has 0 saturated carbocycles. The summed E-state index contributed by atoms with van der Waals surface area (Å²) in [5.41, 5.74) is 26.4. The lowest BCUT2D eigenvalue weighted by Gasteiger charge is -2.09. The molecule has 9 heterocycles. The summed E-state index contributed by atoms with van der Waals surface area (Å²) in [7, 11) is 0. The van der Waals surface area contributed by atoms with Crippen LogP contribution in [0.2, 0.25) is 0 Å². The Morgan fingerprint density at radius 3 is 0.868 bits per heavy atom. The molecule has 29 aromatic rings. The SMILES string of the molecule is c1ccc(-c2nc(-c3ccccc3)nc(-c3cccc4c3oc3c(-n5c6ccccc6c6ccccc65)cccc34)n2)cc1.c1ccc(-c2nc(-c3ccccc3)nc(-c3cccc4c3oc3cc(-c5ccc6c(c5)c5ccccc5n6-c5ccccc5)ccc34)n2)cc1.c1ccc(-c2nc(-c3ccccc3)nc(-c3cccc4c3sc3cc(-c5ccc6c(c5)c5ccccc5n6-c5ccccc5)ccc34)n2)cc1. The minimum absolute atomic E-state index is 0.570. The van der Waals surface area contributed by atoms with Gasteiger partial charge in [0, 0.05) is 124 Å². The topological polar surface area (TPSA) is 157 Å². The monoisotopic (exact) mass is 1860 g/mol. The van der Waals surface area contributed by atoms with Crippen LogP contribution in [0, 0.1) is 0 Å². The predicted molar refractivity (Wildman–Crippen MR) is 590 cm³/mol. The van der Waals surface area contributed by atoms with E-state index in [1.807, 2.05) is 206 Å². The van der Waals surface area contributed by atoms with E-state index in [4.69, 9.17) is 53.7 Å². The van der Waals surface area contributed by atoms with Crippen LogP contribution < -0.4 is 0 Å². The van der Waals surface area contributed by atoms with Crippen molar-refractivity contribution in [3.63, 3.8) is 0 Å². The number of thiophene rings is 1. The summed E-state index contributed by atoms with van der Waals surface area (Å²) < 4.78 is 23.0. The molecule has 29 rings (SSSR count). The summed E-state index contributed by atoms with van der Waals surface area (Å²) in [6.45, 7) is 0. The minimum atomic E-state index is 0.570. The summed E-state index contributed by atoms with van der Waals surface area (Å²) in [5, 5.41) is 13.9. The van der Waals surface area contributed by atoms with Crippen molar-refractivity contribution in [2.45, 2.75) is 0 Å². The van der Waals surface area contributed by atoms with E-state index >= 15 is 0 Å². The third kappa shape index (κ3) is 14.9. The van der Waals surface area contributed by atoms with Crippen LogP contribution in [0.15, 0.2) is 494 Å². The van der Waals surface area contributed by atoms with Crippen LogP contribution >= 0.6 is 11.3 Å². The lowest BCUT2D eigenvalue weighted by molar-refractivity contribution is 0.667. The molecule has 0 atom stereocenters. The minimum Gasteiger partial charge on any atom is -0.455 e. The maximum atomic E-state index is 6.86. The molecule has 14 nitrogen and oxygen atoms in total. The molecule has 0 unspecified atom stereocenters. The number of furan rings is 2. The van der Waals surface area contributed by atoms with Crippen molar-refractivity contribution in [3.8, 4) is 142 Å². The second kappa shape index (κ2) is 35.6. The number of para-hydroxylation sites is 9. The fourth-order valence-electron chi connectivity index (χ4n) is 20.5. The zero-order valence-corrected chi connectivity index (χ0v) is 78.1. The van der Waals surface area contributed by atoms with Crippen molar-refractivity contribution >= 4 is 141 Å². The van der Waals surface area contributed by atoms with Crippen LogP contribution in [-0.4, -0.2) is 58.6 Å². The van der Waals surface area contributed by atoms with E-state index in [-0.39, 0.29) is 0 Å². The van der Waals surface area contributed by atoms with E-state index in [1.54, 1.807) is 11.3 Å². The first-order valence-corrected chi connectivity index (χ1v) is 48.9. The maximum Gasteiger partial charge on any atom is 0.167 e. The Morgan fingerprint density at radius 2 is 0.451 bits per heavy atom. The smallest absolute Gasteiger partial charge is 0.167 e. The Bertz CT molecular complexity index is 9410. The summed E-state index contributed by atoms with van der Waals surface area (Å²) in [6, 6.07) is 168. The first kappa shape index (κ1) is 84.0. The molecule has 0 saturated heterocycles. The molecule has 0 aliphatic heterocycles. The number of aromatic nitrogens is 12. The van der Waals surface area contributed by atoms with Crippen LogP contribution in [0.3, 0.4) is 0 Å². The molecule has 0 radical (unpaired) electrons. The van der Waals surface area contributed by atoms with Crippen LogP contribution in [0.4, 0.5) is 0 Å². The fourth-order valence-corrected chi connectivity index (χ4v) is 21.7. The third-order valence-corrected chi connectivity index (χ3v) is 28.4. The molecule has 9 aromatic heterocycles. The average Bonchev–Trinajstić information content (AvgIpc) is 1.58. The molecule has 0 spiro atoms. The van der Waals surface area contributed by atoms with Gasteiger partial charge in [0.15, 0.2) is 58.0 Å². The van der Waals surface area contributed by atoms with Gasteiger partial charge < -0.3 is 22.5 Å². The lowest BCUT2D eigenvalue weighted by atomic mass is 10.0. The van der Waals surface area contributed by atoms with E-state index in [2.05, 4.69) is 293 Å². The van der Waals surface area contributed by atoms with E-state index in [0.717, 1.165) is 127 Å². The average molecular weight is 1860 g/mol. The predicted octanol–water partition coefficient (Wildman–Crippen LogP) is 33.4. The summed E-state index contributed by atoms with van der Waals surface area (Å²) >= 11 is 1.80. The van der Waals surface area contributed by atoms with E-state index < -0.39 is 0 Å². The fraction of sp³-hybridized carbons (Fsp3) is 0. The molecule has 0 amide bonds. The molecule has 0 fully saturated rings. The van der Waals surface area contributed by atoms with Gasteiger partial charge in [-0.2, -0.15) is 0 Å². The van der Waals surface area contributed by atoms with Gasteiger partial charge in [0.25, 0.3) is 0 Å². The first-order valence-electron chi connectivity index (χ1n) is 48.0. The molecule has 0 bridgehead atoms. The molecular weight excluding hydrogens is 1780 g/mol. The Hall–Kier alpha value is -19.4. The van der Waals surface area contributed by atoms with E-state index in [1.165, 1.54) is 91.4 Å². The largest absolute Gasteiger partial charge is 0.455 e. The molecule has 15 heteroatoms. The Balaban J connectivity index is 0.000000108. The van der Waals surface area contributed by atoms with Crippen LogP contribution in [0.5, 0.6) is 0 Å². The number of hydrogen-bond donors (Lipinski definition) is 0. The molecule has 144 heavy (non-hydrogen) atoms. The zero-order chi connectivity index (χ0) is 95.1. The standard InChI is InChI=1S/C45H28N4O.C45H28N4S.C39H24N4O/c2*1-4-13-29(14-5-1)43-46-44(30-15-6-2-7-16-30)48-45(47-43)37-21-12-20-36-35-25-23-32(28-41(35)50-42(36)37)31-24-26-40-38(27-31)34-19-10-11-22-39(34)49(40)33-17-8-3-9-18-33;1-3-13-25(14-4-1)37-40-38(26-15-5-2-6-16-26)42-39(41-37)31-21-11-19-29-30-20-12-24-34(36(30)44-35(29)31)43-32-22-9-7-17-27(32)28-18-8-10-23-33(28)43/h2*1-28H;1-24H. The van der Waals surface area contributed by atoms with Gasteiger partial charge in [-0.3, -0.25) is 0 Å². The molecule has 0 aliphatic rings. The van der Waals surface area contributed by atoms with Gasteiger partial charge in [-0.25, -0.2) is 44.9 Å². The Kier molecular flexibility index (Phi) is 20.7. The molecule has 0 aliphatic carbocycles. The van der Waals surface area contributed by atoms with Crippen molar-refractivity contribution in [1.29, 1.82) is 0 Å². The molecular formula is C129H80N12O2S. The second-order valence-corrected chi connectivity index (χ2v) is 36.8. The summed E-state index contributed by atoms with van der Waals surface area (Å²) in [5.74, 6) is 5.63. The van der Waals surface area contributed by atoms with Gasteiger partial charge >= 0.3 is 0 Å². The maximum absolute atomic E-state index is 6.86. The second-order valence-electron chi connectivity index (χ2n) is 35.8. The Morgan fingerprint density at radius 1 is 0.167 bits per heavy atom. The summed E-state index contributed by atoms with van der Waals surface area (Å²) in [4.78, 5) is 44.7. The van der Waals surface area contributed by atoms with Gasteiger partial charge in [-0.1, -0.05) is 370 Å². The molecule has 674 valence electrons. The third-order valence-electron chi connectivity index (χ3n) is 27.2. The van der Waals surface area contributed by atoms with Crippen molar-refractivity contribution in [3.05, 3.63) is 485 Å². The molecule has 20 aromatic carbocycles. The first-order chi connectivity index (χ1) is 71.4. The van der Waals surface area contributed by atoms with Crippen LogP contribution in [0.1, 0.15) is 0 Å². The summed E-state index contributed by atoms with van der Waals surface area (Å²) in [6.07, 6.45) is 0. The Labute approximate surface area is 829 Å². The highest BCUT2D eigenvalue weighted by molar-refractivity contribution is 7.26. The van der Waals surface area contributed by atoms with E-state index in [9.17, 15) is 0 Å². The number of rotatable bonds is 14. The van der Waals surface area contributed by atoms with Gasteiger partial charge in [0.05, 0.1) is 49.9 Å². The van der Waals surface area contributed by atoms with Gasteiger partial charge in [-0.15, -0.1) is 11.3 Å². The van der Waals surface area contributed by atoms with Crippen molar-refractivity contribution in [2.24, 2.45) is 0 Å². The van der Waals surface area contributed by atoms with Crippen LogP contribution in [-0.2, 0) is 0 Å². The van der Waals surface area contributed by atoms with Gasteiger partial charge in [-0.05, 0) is 138 Å². The van der Waals surface area contributed by atoms with Crippen molar-refractivity contribution < 1.29 is 8.83 Å².